The van der Waals surface area contributed by atoms with Crippen molar-refractivity contribution in [2.45, 2.75) is 13.5 Å². The topological polar surface area (TPSA) is 67.8 Å². The van der Waals surface area contributed by atoms with Crippen LogP contribution in [0.1, 0.15) is 21.1 Å². The number of carbonyl (C=O) groups is 1. The number of thiazole rings is 1. The number of carbonyl (C=O) groups excluding carboxylic acids is 1. The first-order chi connectivity index (χ1) is 13.6. The summed E-state index contributed by atoms with van der Waals surface area (Å²) < 4.78 is 13.1. The fraction of sp³-hybridized carbons (Fsp3) is 0.100. The van der Waals surface area contributed by atoms with Gasteiger partial charge < -0.3 is 5.32 Å². The van der Waals surface area contributed by atoms with Crippen LogP contribution in [0.5, 0.6) is 0 Å². The monoisotopic (exact) mass is 410 g/mol. The molecular formula is C20H15FN4OS2. The van der Waals surface area contributed by atoms with E-state index in [1.807, 2.05) is 24.4 Å². The first kappa shape index (κ1) is 18.4. The molecule has 0 unspecified atom stereocenters. The molecule has 0 radical (unpaired) electrons. The van der Waals surface area contributed by atoms with Gasteiger partial charge >= 0.3 is 0 Å². The number of hydrogen-bond acceptors (Lipinski definition) is 6. The lowest BCUT2D eigenvalue weighted by atomic mass is 10.1. The van der Waals surface area contributed by atoms with Crippen LogP contribution in [0.4, 0.5) is 4.39 Å². The van der Waals surface area contributed by atoms with E-state index < -0.39 is 0 Å². The molecule has 1 amide bonds. The second-order valence-corrected chi connectivity index (χ2v) is 7.94. The molecule has 140 valence electrons. The Hall–Kier alpha value is -2.97. The molecule has 8 heteroatoms. The highest BCUT2D eigenvalue weighted by Gasteiger charge is 2.16. The smallest absolute Gasteiger partial charge is 0.263 e. The lowest BCUT2D eigenvalue weighted by molar-refractivity contribution is 0.0953. The molecular weight excluding hydrogens is 395 g/mol. The Morgan fingerprint density at radius 2 is 2.00 bits per heavy atom. The summed E-state index contributed by atoms with van der Waals surface area (Å²) in [5, 5.41) is 5.72. The summed E-state index contributed by atoms with van der Waals surface area (Å²) in [7, 11) is 0. The van der Waals surface area contributed by atoms with Crippen LogP contribution in [0.25, 0.3) is 21.1 Å². The van der Waals surface area contributed by atoms with Gasteiger partial charge in [-0.3, -0.25) is 4.79 Å². The molecule has 5 nitrogen and oxygen atoms in total. The van der Waals surface area contributed by atoms with E-state index in [1.165, 1.54) is 29.8 Å². The maximum atomic E-state index is 13.1. The van der Waals surface area contributed by atoms with Crippen LogP contribution in [-0.4, -0.2) is 20.9 Å². The first-order valence-corrected chi connectivity index (χ1v) is 10.2. The lowest BCUT2D eigenvalue weighted by Gasteiger charge is -2.06. The van der Waals surface area contributed by atoms with Gasteiger partial charge in [0.15, 0.2) is 0 Å². The van der Waals surface area contributed by atoms with E-state index in [0.29, 0.717) is 22.0 Å². The van der Waals surface area contributed by atoms with Crippen LogP contribution in [0.3, 0.4) is 0 Å². The van der Waals surface area contributed by atoms with Crippen molar-refractivity contribution in [2.24, 2.45) is 0 Å². The van der Waals surface area contributed by atoms with Crippen LogP contribution in [-0.2, 0) is 6.54 Å². The largest absolute Gasteiger partial charge is 0.346 e. The summed E-state index contributed by atoms with van der Waals surface area (Å²) in [5.41, 5.74) is 2.84. The number of aromatic nitrogens is 3. The van der Waals surface area contributed by atoms with Crippen molar-refractivity contribution in [3.8, 4) is 21.1 Å². The molecule has 0 bridgehead atoms. The molecule has 0 atom stereocenters. The van der Waals surface area contributed by atoms with Gasteiger partial charge in [0.2, 0.25) is 0 Å². The molecule has 4 rings (SSSR count). The second-order valence-electron chi connectivity index (χ2n) is 6.00. The van der Waals surface area contributed by atoms with Gasteiger partial charge in [-0.25, -0.2) is 19.3 Å². The van der Waals surface area contributed by atoms with Gasteiger partial charge in [-0.15, -0.1) is 22.7 Å². The van der Waals surface area contributed by atoms with Gasteiger partial charge in [0.25, 0.3) is 5.91 Å². The maximum Gasteiger partial charge on any atom is 0.263 e. The van der Waals surface area contributed by atoms with Crippen LogP contribution >= 0.6 is 22.7 Å². The van der Waals surface area contributed by atoms with Gasteiger partial charge in [0.1, 0.15) is 22.0 Å². The molecule has 0 aliphatic heterocycles. The lowest BCUT2D eigenvalue weighted by Crippen LogP contribution is -2.23. The number of rotatable bonds is 5. The Labute approximate surface area is 169 Å². The van der Waals surface area contributed by atoms with E-state index in [9.17, 15) is 9.18 Å². The summed E-state index contributed by atoms with van der Waals surface area (Å²) in [6.07, 6.45) is 1.44. The number of amides is 1. The van der Waals surface area contributed by atoms with E-state index in [1.54, 1.807) is 29.5 Å². The number of nitrogens with one attached hydrogen (secondary N) is 1. The molecule has 0 fully saturated rings. The second kappa shape index (κ2) is 7.95. The van der Waals surface area contributed by atoms with Gasteiger partial charge in [-0.05, 0) is 48.7 Å². The third-order valence-electron chi connectivity index (χ3n) is 4.03. The average molecular weight is 410 g/mol. The summed E-state index contributed by atoms with van der Waals surface area (Å²) in [4.78, 5) is 27.2. The zero-order chi connectivity index (χ0) is 19.5. The minimum atomic E-state index is -0.299. The molecule has 0 saturated heterocycles. The van der Waals surface area contributed by atoms with Gasteiger partial charge in [-0.2, -0.15) is 0 Å². The highest BCUT2D eigenvalue weighted by Crippen LogP contribution is 2.31. The van der Waals surface area contributed by atoms with E-state index >= 15 is 0 Å². The third kappa shape index (κ3) is 3.97. The summed E-state index contributed by atoms with van der Waals surface area (Å²) in [6, 6.07) is 11.8. The van der Waals surface area contributed by atoms with Gasteiger partial charge in [0, 0.05) is 5.56 Å². The van der Waals surface area contributed by atoms with Crippen molar-refractivity contribution in [2.75, 3.05) is 0 Å². The van der Waals surface area contributed by atoms with Crippen molar-refractivity contribution in [1.82, 2.24) is 20.3 Å². The predicted molar refractivity (Wildman–Crippen MR) is 109 cm³/mol. The molecule has 3 aromatic heterocycles. The molecule has 0 aliphatic rings. The van der Waals surface area contributed by atoms with Crippen molar-refractivity contribution >= 4 is 28.6 Å². The Morgan fingerprint density at radius 1 is 1.18 bits per heavy atom. The van der Waals surface area contributed by atoms with Crippen molar-refractivity contribution in [3.05, 3.63) is 76.3 Å². The standard InChI is InChI=1S/C20H15FN4OS2/c1-12-18(28-20(25-12)17-3-2-8-27-17)19(26)22-10-15-9-16(24-11-23-15)13-4-6-14(21)7-5-13/h2-9,11H,10H2,1H3,(H,22,26). The van der Waals surface area contributed by atoms with Gasteiger partial charge in [-0.1, -0.05) is 6.07 Å². The van der Waals surface area contributed by atoms with E-state index in [-0.39, 0.29) is 18.3 Å². The predicted octanol–water partition coefficient (Wildman–Crippen LogP) is 4.71. The molecule has 0 saturated carbocycles. The first-order valence-electron chi connectivity index (χ1n) is 8.46. The summed E-state index contributed by atoms with van der Waals surface area (Å²) in [6.45, 7) is 2.10. The van der Waals surface area contributed by atoms with E-state index in [4.69, 9.17) is 0 Å². The summed E-state index contributed by atoms with van der Waals surface area (Å²) in [5.74, 6) is -0.480. The zero-order valence-corrected chi connectivity index (χ0v) is 16.5. The van der Waals surface area contributed by atoms with Crippen LogP contribution in [0, 0.1) is 12.7 Å². The number of aryl methyl sites for hydroxylation is 1. The number of nitrogens with zero attached hydrogens (tertiary/aromatic N) is 3. The van der Waals surface area contributed by atoms with E-state index in [0.717, 1.165) is 15.4 Å². The van der Waals surface area contributed by atoms with Crippen LogP contribution in [0.2, 0.25) is 0 Å². The molecule has 1 N–H and O–H groups in total. The van der Waals surface area contributed by atoms with Crippen molar-refractivity contribution < 1.29 is 9.18 Å². The molecule has 28 heavy (non-hydrogen) atoms. The minimum Gasteiger partial charge on any atom is -0.346 e. The molecule has 1 aromatic carbocycles. The minimum absolute atomic E-state index is 0.181. The van der Waals surface area contributed by atoms with Crippen LogP contribution < -0.4 is 5.32 Å². The SMILES string of the molecule is Cc1nc(-c2cccs2)sc1C(=O)NCc1cc(-c2ccc(F)cc2)ncn1. The Balaban J connectivity index is 1.47. The number of halogens is 1. The molecule has 4 aromatic rings. The molecule has 3 heterocycles. The van der Waals surface area contributed by atoms with Crippen LogP contribution in [0.15, 0.2) is 54.2 Å². The average Bonchev–Trinajstić information content (AvgIpc) is 3.37. The summed E-state index contributed by atoms with van der Waals surface area (Å²) >= 11 is 2.98. The Morgan fingerprint density at radius 3 is 2.75 bits per heavy atom. The third-order valence-corrected chi connectivity index (χ3v) is 6.22. The highest BCUT2D eigenvalue weighted by molar-refractivity contribution is 7.22. The Bertz CT molecular complexity index is 1110. The number of benzene rings is 1. The van der Waals surface area contributed by atoms with Crippen molar-refractivity contribution in [3.63, 3.8) is 0 Å². The fourth-order valence-electron chi connectivity index (χ4n) is 2.64. The van der Waals surface area contributed by atoms with Gasteiger partial charge in [0.05, 0.1) is 28.5 Å². The van der Waals surface area contributed by atoms with Crippen molar-refractivity contribution in [1.29, 1.82) is 0 Å². The number of hydrogen-bond donors (Lipinski definition) is 1. The molecule has 0 aliphatic carbocycles. The molecule has 0 spiro atoms. The highest BCUT2D eigenvalue weighted by atomic mass is 32.1. The van der Waals surface area contributed by atoms with E-state index in [2.05, 4.69) is 20.3 Å². The normalized spacial score (nSPS) is 10.8. The maximum absolute atomic E-state index is 13.1. The fourth-order valence-corrected chi connectivity index (χ4v) is 4.42. The Kier molecular flexibility index (Phi) is 5.23. The quantitative estimate of drug-likeness (QED) is 0.518. The zero-order valence-electron chi connectivity index (χ0n) is 14.8. The number of thiophene rings is 1.